The molecule has 4 saturated heterocycles. The molecule has 6 aliphatic heterocycles. The van der Waals surface area contributed by atoms with E-state index < -0.39 is 0 Å². The maximum Gasteiger partial charge on any atom is 0.326 e. The normalized spacial score (nSPS) is 18.1. The molecule has 6 heterocycles. The van der Waals surface area contributed by atoms with Crippen LogP contribution in [0.3, 0.4) is 0 Å². The summed E-state index contributed by atoms with van der Waals surface area (Å²) in [5.74, 6) is 0. The number of carbonyl (C=O) groups excluding carboxylic acids is 3. The molecule has 0 atom stereocenters. The highest BCUT2D eigenvalue weighted by atomic mass is 35.5. The largest absolute Gasteiger partial charge is 0.333 e. The van der Waals surface area contributed by atoms with Gasteiger partial charge in [-0.05, 0) is 129 Å². The van der Waals surface area contributed by atoms with Gasteiger partial charge in [-0.1, -0.05) is 118 Å². The van der Waals surface area contributed by atoms with Gasteiger partial charge in [-0.2, -0.15) is 0 Å². The standard InChI is InChI=1S/C28H27Cl3N4O.C21H13Cl3N2O2.C7H14N2/c29-23-7-2-1-6-20(23)21-12-18(15-33-16-19(17-33)34-10-3-4-11-34)13-26-22(21)14-32-28(36)35(26)27-24(30)8-5-9-25(27)31;22-16-5-2-1-4-13(16)14-8-12(11-27)9-19-15(14)10-25-21(28)26(19)20-17(23)6-3-7-18(20)24;1-2-4-9(3-1)7-5-8-6-7/h1-2,5-9,12-13,19H,3-4,10-11,14-17H2,(H,32,36);1-9,11H,10H2,(H,25,28);7-8H,1-6H2. The molecule has 17 heteroatoms. The van der Waals surface area contributed by atoms with E-state index >= 15 is 0 Å². The van der Waals surface area contributed by atoms with Crippen LogP contribution in [0.2, 0.25) is 30.1 Å². The molecule has 73 heavy (non-hydrogen) atoms. The first-order valence-electron chi connectivity index (χ1n) is 24.7. The highest BCUT2D eigenvalue weighted by Crippen LogP contribution is 2.47. The fourth-order valence-corrected chi connectivity index (χ4v) is 12.2. The zero-order valence-electron chi connectivity index (χ0n) is 40.0. The van der Waals surface area contributed by atoms with Crippen LogP contribution in [0.15, 0.2) is 109 Å². The molecular formula is C56H54Cl6N8O3. The first-order chi connectivity index (χ1) is 35.5. The van der Waals surface area contributed by atoms with Crippen LogP contribution < -0.4 is 25.8 Å². The van der Waals surface area contributed by atoms with Gasteiger partial charge in [0.2, 0.25) is 0 Å². The fraction of sp³-hybridized carbons (Fsp3) is 0.304. The van der Waals surface area contributed by atoms with Crippen LogP contribution in [0.4, 0.5) is 32.3 Å². The van der Waals surface area contributed by atoms with E-state index in [0.29, 0.717) is 65.3 Å². The van der Waals surface area contributed by atoms with Gasteiger partial charge in [-0.25, -0.2) is 9.59 Å². The molecule has 0 unspecified atom stereocenters. The number of urea groups is 2. The second-order valence-corrected chi connectivity index (χ2v) is 21.5. The number of benzene rings is 6. The second-order valence-electron chi connectivity index (χ2n) is 19.1. The number of hydrogen-bond acceptors (Lipinski definition) is 7. The molecule has 0 aromatic heterocycles. The summed E-state index contributed by atoms with van der Waals surface area (Å²) < 4.78 is 0. The Labute approximate surface area is 456 Å². The van der Waals surface area contributed by atoms with E-state index in [2.05, 4.69) is 42.8 Å². The Balaban J connectivity index is 0.000000146. The average molecular weight is 1100 g/mol. The third-order valence-electron chi connectivity index (χ3n) is 14.5. The number of aldehydes is 1. The van der Waals surface area contributed by atoms with E-state index in [-0.39, 0.29) is 18.6 Å². The van der Waals surface area contributed by atoms with Crippen molar-refractivity contribution >= 4 is 111 Å². The Morgan fingerprint density at radius 1 is 0.507 bits per heavy atom. The smallest absolute Gasteiger partial charge is 0.326 e. The number of likely N-dealkylation sites (tertiary alicyclic amines) is 3. The van der Waals surface area contributed by atoms with E-state index in [9.17, 15) is 14.4 Å². The van der Waals surface area contributed by atoms with Crippen LogP contribution in [0.1, 0.15) is 52.7 Å². The molecule has 6 aromatic rings. The molecule has 3 N–H and O–H groups in total. The molecule has 378 valence electrons. The lowest BCUT2D eigenvalue weighted by Crippen LogP contribution is -2.58. The van der Waals surface area contributed by atoms with E-state index in [1.54, 1.807) is 59.5 Å². The fourth-order valence-electron chi connectivity index (χ4n) is 10.6. The summed E-state index contributed by atoms with van der Waals surface area (Å²) in [6, 6.07) is 34.1. The van der Waals surface area contributed by atoms with Crippen molar-refractivity contribution in [2.45, 2.75) is 57.4 Å². The molecule has 0 radical (unpaired) electrons. The molecule has 6 aromatic carbocycles. The number of carbonyl (C=O) groups is 3. The van der Waals surface area contributed by atoms with Crippen molar-refractivity contribution < 1.29 is 14.4 Å². The van der Waals surface area contributed by atoms with Gasteiger partial charge < -0.3 is 16.0 Å². The third kappa shape index (κ3) is 11.0. The molecule has 0 aliphatic carbocycles. The zero-order valence-corrected chi connectivity index (χ0v) is 44.5. The van der Waals surface area contributed by atoms with Gasteiger partial charge in [0.1, 0.15) is 6.29 Å². The van der Waals surface area contributed by atoms with E-state index in [1.807, 2.05) is 42.5 Å². The third-order valence-corrected chi connectivity index (χ3v) is 16.3. The number of rotatable bonds is 9. The number of halogens is 6. The zero-order chi connectivity index (χ0) is 50.8. The summed E-state index contributed by atoms with van der Waals surface area (Å²) in [6.07, 6.45) is 6.21. The monoisotopic (exact) mass is 1100 g/mol. The Morgan fingerprint density at radius 2 is 0.945 bits per heavy atom. The van der Waals surface area contributed by atoms with Crippen molar-refractivity contribution in [3.05, 3.63) is 162 Å². The number of nitrogens with one attached hydrogen (secondary N) is 3. The lowest BCUT2D eigenvalue weighted by molar-refractivity contribution is 0.0423. The van der Waals surface area contributed by atoms with Crippen molar-refractivity contribution in [3.8, 4) is 22.3 Å². The van der Waals surface area contributed by atoms with Crippen LogP contribution in [0, 0.1) is 0 Å². The molecule has 4 amide bonds. The van der Waals surface area contributed by atoms with Crippen molar-refractivity contribution in [2.75, 3.05) is 62.2 Å². The van der Waals surface area contributed by atoms with Crippen LogP contribution in [-0.2, 0) is 19.6 Å². The summed E-state index contributed by atoms with van der Waals surface area (Å²) in [4.78, 5) is 48.3. The van der Waals surface area contributed by atoms with Gasteiger partial charge >= 0.3 is 12.1 Å². The first kappa shape index (κ1) is 51.6. The summed E-state index contributed by atoms with van der Waals surface area (Å²) in [7, 11) is 0. The van der Waals surface area contributed by atoms with Gasteiger partial charge in [0, 0.05) is 95.8 Å². The number of fused-ring (bicyclic) bond motifs is 2. The van der Waals surface area contributed by atoms with Gasteiger partial charge in [0.15, 0.2) is 0 Å². The molecular weight excluding hydrogens is 1050 g/mol. The minimum Gasteiger partial charge on any atom is -0.333 e. The van der Waals surface area contributed by atoms with Gasteiger partial charge in [-0.3, -0.25) is 29.3 Å². The molecule has 0 spiro atoms. The summed E-state index contributed by atoms with van der Waals surface area (Å²) in [5.41, 5.74) is 9.00. The van der Waals surface area contributed by atoms with Crippen LogP contribution >= 0.6 is 69.6 Å². The van der Waals surface area contributed by atoms with E-state index in [0.717, 1.165) is 76.6 Å². The lowest BCUT2D eigenvalue weighted by Gasteiger charge is -2.44. The minimum absolute atomic E-state index is 0.252. The van der Waals surface area contributed by atoms with Crippen LogP contribution in [-0.4, -0.2) is 97.5 Å². The first-order valence-corrected chi connectivity index (χ1v) is 27.0. The Bertz CT molecular complexity index is 3010. The molecule has 11 nitrogen and oxygen atoms in total. The molecule has 0 saturated carbocycles. The number of hydrogen-bond donors (Lipinski definition) is 3. The molecule has 0 bridgehead atoms. The number of para-hydroxylation sites is 2. The highest BCUT2D eigenvalue weighted by Gasteiger charge is 2.36. The highest BCUT2D eigenvalue weighted by molar-refractivity contribution is 6.41. The Morgan fingerprint density at radius 3 is 1.40 bits per heavy atom. The number of amides is 4. The van der Waals surface area contributed by atoms with Crippen molar-refractivity contribution in [3.63, 3.8) is 0 Å². The second kappa shape index (κ2) is 22.9. The molecule has 6 aliphatic rings. The lowest BCUT2D eigenvalue weighted by atomic mass is 9.93. The topological polar surface area (TPSA) is 104 Å². The maximum absolute atomic E-state index is 13.2. The number of anilines is 4. The Kier molecular flexibility index (Phi) is 16.2. The average Bonchev–Trinajstić information content (AvgIpc) is 4.10. The Hall–Kier alpha value is -4.89. The SMILES string of the molecule is C1CCN(C2CNC2)C1.O=C1NCc2c(-c3ccccc3Cl)cc(CN3CC(N4CCCC4)C3)cc2N1c1c(Cl)cccc1Cl.O=Cc1cc(-c2ccccc2Cl)c2c(c1)N(c1c(Cl)cccc1Cl)C(=O)NC2. The minimum atomic E-state index is -0.379. The summed E-state index contributed by atoms with van der Waals surface area (Å²) in [6.45, 7) is 11.2. The van der Waals surface area contributed by atoms with Gasteiger partial charge in [0.25, 0.3) is 0 Å². The predicted molar refractivity (Wildman–Crippen MR) is 298 cm³/mol. The molecule has 12 rings (SSSR count). The molecule has 4 fully saturated rings. The summed E-state index contributed by atoms with van der Waals surface area (Å²) >= 11 is 38.9. The van der Waals surface area contributed by atoms with Crippen molar-refractivity contribution in [1.29, 1.82) is 0 Å². The number of nitrogens with zero attached hydrogens (tertiary/aromatic N) is 5. The maximum atomic E-state index is 13.2. The predicted octanol–water partition coefficient (Wildman–Crippen LogP) is 13.5. The quantitative estimate of drug-likeness (QED) is 0.124. The van der Waals surface area contributed by atoms with Crippen LogP contribution in [0.5, 0.6) is 0 Å². The van der Waals surface area contributed by atoms with Gasteiger partial charge in [-0.15, -0.1) is 0 Å². The van der Waals surface area contributed by atoms with E-state index in [4.69, 9.17) is 69.6 Å². The van der Waals surface area contributed by atoms with Gasteiger partial charge in [0.05, 0.1) is 42.8 Å². The van der Waals surface area contributed by atoms with E-state index in [1.165, 1.54) is 69.9 Å². The van der Waals surface area contributed by atoms with Crippen molar-refractivity contribution in [2.24, 2.45) is 0 Å². The van der Waals surface area contributed by atoms with Crippen molar-refractivity contribution in [1.82, 2.24) is 30.7 Å². The summed E-state index contributed by atoms with van der Waals surface area (Å²) in [5, 5.41) is 11.9. The van der Waals surface area contributed by atoms with Crippen LogP contribution in [0.25, 0.3) is 22.3 Å².